The Labute approximate surface area is 211 Å². The van der Waals surface area contributed by atoms with Crippen LogP contribution in [0.1, 0.15) is 36.6 Å². The number of anilines is 2. The van der Waals surface area contributed by atoms with Gasteiger partial charge in [0.1, 0.15) is 35.4 Å². The van der Waals surface area contributed by atoms with E-state index in [1.54, 1.807) is 36.3 Å². The molecule has 1 aliphatic rings. The monoisotopic (exact) mass is 514 g/mol. The van der Waals surface area contributed by atoms with Gasteiger partial charge in [-0.1, -0.05) is 30.2 Å². The summed E-state index contributed by atoms with van der Waals surface area (Å²) in [5, 5.41) is 8.38. The van der Waals surface area contributed by atoms with Gasteiger partial charge in [-0.15, -0.1) is 5.10 Å². The molecule has 36 heavy (non-hydrogen) atoms. The first-order chi connectivity index (χ1) is 17.5. The van der Waals surface area contributed by atoms with Gasteiger partial charge in [-0.05, 0) is 42.7 Å². The van der Waals surface area contributed by atoms with Crippen LogP contribution in [-0.4, -0.2) is 44.5 Å². The molecular weight excluding hydrogens is 490 g/mol. The molecule has 11 heteroatoms. The number of methoxy groups -OCH3 is 1. The van der Waals surface area contributed by atoms with E-state index in [-0.39, 0.29) is 5.92 Å². The summed E-state index contributed by atoms with van der Waals surface area (Å²) in [6, 6.07) is 13.0. The van der Waals surface area contributed by atoms with Gasteiger partial charge in [0.2, 0.25) is 5.95 Å². The second-order valence-corrected chi connectivity index (χ2v) is 8.84. The molecule has 0 saturated carbocycles. The maximum atomic E-state index is 12.4. The fourth-order valence-electron chi connectivity index (χ4n) is 4.37. The molecule has 0 bridgehead atoms. The van der Waals surface area contributed by atoms with Gasteiger partial charge in [0.05, 0.1) is 12.8 Å². The van der Waals surface area contributed by atoms with Crippen molar-refractivity contribution in [1.29, 1.82) is 0 Å². The van der Waals surface area contributed by atoms with Gasteiger partial charge in [0, 0.05) is 30.4 Å². The minimum Gasteiger partial charge on any atom is -0.494 e. The van der Waals surface area contributed by atoms with Crippen LogP contribution >= 0.6 is 11.6 Å². The molecule has 0 spiro atoms. The van der Waals surface area contributed by atoms with E-state index in [1.807, 2.05) is 35.0 Å². The highest BCUT2D eigenvalue weighted by atomic mass is 35.5. The molecule has 0 unspecified atom stereocenters. The zero-order valence-corrected chi connectivity index (χ0v) is 20.3. The fourth-order valence-corrected chi connectivity index (χ4v) is 4.52. The van der Waals surface area contributed by atoms with Crippen molar-refractivity contribution < 1.29 is 18.3 Å². The highest BCUT2D eigenvalue weighted by molar-refractivity contribution is 6.29. The number of ether oxygens (including phenoxy) is 2. The Morgan fingerprint density at radius 3 is 2.72 bits per heavy atom. The molecule has 5 rings (SSSR count). The van der Waals surface area contributed by atoms with Crippen LogP contribution in [0, 0.1) is 0 Å². The summed E-state index contributed by atoms with van der Waals surface area (Å²) in [4.78, 5) is 8.88. The number of hydrogen-bond donors (Lipinski definition) is 1. The van der Waals surface area contributed by atoms with Crippen LogP contribution in [0.2, 0.25) is 5.15 Å². The average molecular weight is 515 g/mol. The molecular formula is C25H25ClF2N6O2. The van der Waals surface area contributed by atoms with E-state index in [1.165, 1.54) is 0 Å². The third-order valence-electron chi connectivity index (χ3n) is 6.05. The number of alkyl halides is 2. The quantitative estimate of drug-likeness (QED) is 0.319. The van der Waals surface area contributed by atoms with Crippen LogP contribution in [0.4, 0.5) is 20.4 Å². The van der Waals surface area contributed by atoms with Gasteiger partial charge < -0.3 is 19.4 Å². The number of benzene rings is 2. The molecule has 3 heterocycles. The molecule has 1 atom stereocenters. The van der Waals surface area contributed by atoms with E-state index in [0.717, 1.165) is 48.6 Å². The highest BCUT2D eigenvalue weighted by Gasteiger charge is 2.25. The van der Waals surface area contributed by atoms with Gasteiger partial charge >= 0.3 is 0 Å². The minimum absolute atomic E-state index is 0.0441. The number of aromatic nitrogens is 5. The molecule has 0 fully saturated rings. The number of rotatable bonds is 8. The molecule has 1 N–H and O–H groups in total. The number of nitrogens with zero attached hydrogens (tertiary/aromatic N) is 5. The van der Waals surface area contributed by atoms with Crippen LogP contribution in [0.3, 0.4) is 0 Å². The lowest BCUT2D eigenvalue weighted by Crippen LogP contribution is -2.09. The maximum Gasteiger partial charge on any atom is 0.272 e. The molecule has 2 aromatic heterocycles. The third kappa shape index (κ3) is 5.28. The molecule has 0 aliphatic carbocycles. The van der Waals surface area contributed by atoms with E-state index >= 15 is 0 Å². The Balaban J connectivity index is 1.37. The first-order valence-corrected chi connectivity index (χ1v) is 12.0. The van der Waals surface area contributed by atoms with E-state index in [4.69, 9.17) is 31.2 Å². The fraction of sp³-hybridized carbons (Fsp3) is 0.320. The number of nitrogens with one attached hydrogen (secondary N) is 1. The van der Waals surface area contributed by atoms with Crippen LogP contribution in [0.5, 0.6) is 11.5 Å². The Morgan fingerprint density at radius 1 is 1.17 bits per heavy atom. The van der Waals surface area contributed by atoms with Crippen LogP contribution in [0.15, 0.2) is 55.0 Å². The highest BCUT2D eigenvalue weighted by Crippen LogP contribution is 2.34. The predicted octanol–water partition coefficient (Wildman–Crippen LogP) is 5.83. The largest absolute Gasteiger partial charge is 0.494 e. The molecule has 2 aromatic carbocycles. The van der Waals surface area contributed by atoms with E-state index in [0.29, 0.717) is 22.6 Å². The van der Waals surface area contributed by atoms with Crippen LogP contribution < -0.4 is 14.8 Å². The Morgan fingerprint density at radius 2 is 2.00 bits per heavy atom. The van der Waals surface area contributed by atoms with E-state index in [9.17, 15) is 8.78 Å². The average Bonchev–Trinajstić information content (AvgIpc) is 3.43. The summed E-state index contributed by atoms with van der Waals surface area (Å²) in [6.07, 6.45) is 3.79. The van der Waals surface area contributed by atoms with Crippen molar-refractivity contribution in [2.45, 2.75) is 38.2 Å². The molecule has 8 nitrogen and oxygen atoms in total. The lowest BCUT2D eigenvalue weighted by Gasteiger charge is -2.15. The van der Waals surface area contributed by atoms with Crippen molar-refractivity contribution in [2.75, 3.05) is 19.0 Å². The van der Waals surface area contributed by atoms with E-state index < -0.39 is 13.0 Å². The minimum atomic E-state index is -2.50. The summed E-state index contributed by atoms with van der Waals surface area (Å²) in [6.45, 7) is 0.160. The van der Waals surface area contributed by atoms with Crippen molar-refractivity contribution in [1.82, 2.24) is 24.3 Å². The molecule has 4 aromatic rings. The van der Waals surface area contributed by atoms with Gasteiger partial charge in [-0.2, -0.15) is 4.98 Å². The number of imidazole rings is 1. The number of hydrogen-bond acceptors (Lipinski definition) is 6. The van der Waals surface area contributed by atoms with Crippen LogP contribution in [0.25, 0.3) is 5.69 Å². The van der Waals surface area contributed by atoms with Gasteiger partial charge in [-0.3, -0.25) is 0 Å². The van der Waals surface area contributed by atoms with Crippen molar-refractivity contribution in [3.63, 3.8) is 0 Å². The summed E-state index contributed by atoms with van der Waals surface area (Å²) in [7, 11) is 1.60. The standard InChI is InChI=1S/C25H25ClF2N6O2/c1-35-21-12-17(7-10-20(21)33-13-22(26)29-15-33)30-25-31-24-19(4-2-3-11-34(24)32-25)16-5-8-18(9-6-16)36-14-23(27)28/h5-10,12-13,15,19,23H,2-4,11,14H2,1H3,(H,30,32)/t19-/m0/s1. The zero-order valence-electron chi connectivity index (χ0n) is 19.6. The number of halogens is 3. The summed E-state index contributed by atoms with van der Waals surface area (Å²) in [5.41, 5.74) is 2.63. The van der Waals surface area contributed by atoms with Crippen molar-refractivity contribution in [3.8, 4) is 17.2 Å². The summed E-state index contributed by atoms with van der Waals surface area (Å²) >= 11 is 5.96. The maximum absolute atomic E-state index is 12.4. The lowest BCUT2D eigenvalue weighted by atomic mass is 9.93. The van der Waals surface area contributed by atoms with Gasteiger partial charge in [0.15, 0.2) is 0 Å². The normalized spacial score (nSPS) is 15.4. The Hall–Kier alpha value is -3.66. The molecule has 0 radical (unpaired) electrons. The van der Waals surface area contributed by atoms with Gasteiger partial charge in [0.25, 0.3) is 6.43 Å². The van der Waals surface area contributed by atoms with Crippen molar-refractivity contribution in [2.24, 2.45) is 0 Å². The number of aryl methyl sites for hydroxylation is 1. The van der Waals surface area contributed by atoms with Crippen molar-refractivity contribution in [3.05, 3.63) is 71.5 Å². The second kappa shape index (κ2) is 10.5. The molecule has 0 amide bonds. The molecule has 0 saturated heterocycles. The second-order valence-electron chi connectivity index (χ2n) is 8.45. The summed E-state index contributed by atoms with van der Waals surface area (Å²) < 4.78 is 39.3. The molecule has 188 valence electrons. The first kappa shape index (κ1) is 24.1. The SMILES string of the molecule is COc1cc(Nc2nc3n(n2)CCCC[C@H]3c2ccc(OCC(F)F)cc2)ccc1-n1cnc(Cl)c1. The molecule has 1 aliphatic heterocycles. The van der Waals surface area contributed by atoms with E-state index in [2.05, 4.69) is 10.3 Å². The first-order valence-electron chi connectivity index (χ1n) is 11.6. The predicted molar refractivity (Wildman–Crippen MR) is 132 cm³/mol. The third-order valence-corrected chi connectivity index (χ3v) is 6.24. The van der Waals surface area contributed by atoms with Crippen LogP contribution in [-0.2, 0) is 6.54 Å². The Bertz CT molecular complexity index is 1320. The number of fused-ring (bicyclic) bond motifs is 1. The smallest absolute Gasteiger partial charge is 0.272 e. The zero-order chi connectivity index (χ0) is 25.1. The lowest BCUT2D eigenvalue weighted by molar-refractivity contribution is 0.0819. The topological polar surface area (TPSA) is 79.0 Å². The van der Waals surface area contributed by atoms with Gasteiger partial charge in [-0.25, -0.2) is 18.4 Å². The Kier molecular flexibility index (Phi) is 7.04. The summed E-state index contributed by atoms with van der Waals surface area (Å²) in [5.74, 6) is 2.47. The van der Waals surface area contributed by atoms with Crippen molar-refractivity contribution >= 4 is 23.2 Å².